The monoisotopic (exact) mass is 393 g/mol. The van der Waals surface area contributed by atoms with Gasteiger partial charge in [0.2, 0.25) is 0 Å². The summed E-state index contributed by atoms with van der Waals surface area (Å²) < 4.78 is 3.43. The Morgan fingerprint density at radius 2 is 1.83 bits per heavy atom. The van der Waals surface area contributed by atoms with Crippen LogP contribution in [-0.4, -0.2) is 52.1 Å². The van der Waals surface area contributed by atoms with Crippen LogP contribution in [0.3, 0.4) is 0 Å². The van der Waals surface area contributed by atoms with E-state index in [2.05, 4.69) is 4.98 Å². The minimum Gasteiger partial charge on any atom is -0.378 e. The molecule has 1 saturated heterocycles. The third-order valence-corrected chi connectivity index (χ3v) is 5.87. The Bertz CT molecular complexity index is 1070. The van der Waals surface area contributed by atoms with E-state index in [0.717, 1.165) is 35.3 Å². The number of benzene rings is 1. The van der Waals surface area contributed by atoms with Crippen molar-refractivity contribution < 1.29 is 4.79 Å². The van der Waals surface area contributed by atoms with Gasteiger partial charge in [0.25, 0.3) is 5.91 Å². The van der Waals surface area contributed by atoms with E-state index in [1.807, 2.05) is 60.3 Å². The number of pyridine rings is 1. The molecule has 0 saturated carbocycles. The third-order valence-electron chi connectivity index (χ3n) is 5.87. The van der Waals surface area contributed by atoms with Gasteiger partial charge in [0.05, 0.1) is 5.52 Å². The first-order chi connectivity index (χ1) is 14.0. The zero-order valence-corrected chi connectivity index (χ0v) is 17.2. The molecule has 1 aromatic carbocycles. The fraction of sp³-hybridized carbons (Fsp3) is 0.409. The fourth-order valence-corrected chi connectivity index (χ4v) is 4.06. The molecular weight excluding hydrogens is 366 g/mol. The summed E-state index contributed by atoms with van der Waals surface area (Å²) in [5, 5.41) is 0. The van der Waals surface area contributed by atoms with E-state index in [1.54, 1.807) is 22.4 Å². The normalized spacial score (nSPS) is 15.1. The van der Waals surface area contributed by atoms with Gasteiger partial charge in [-0.05, 0) is 55.2 Å². The maximum absolute atomic E-state index is 12.8. The van der Waals surface area contributed by atoms with Gasteiger partial charge in [-0.3, -0.25) is 13.9 Å². The van der Waals surface area contributed by atoms with Crippen LogP contribution in [0.1, 0.15) is 23.2 Å². The van der Waals surface area contributed by atoms with Crippen molar-refractivity contribution >= 4 is 22.8 Å². The number of rotatable bonds is 4. The predicted molar refractivity (Wildman–Crippen MR) is 114 cm³/mol. The first-order valence-corrected chi connectivity index (χ1v) is 10.0. The molecule has 0 unspecified atom stereocenters. The van der Waals surface area contributed by atoms with E-state index >= 15 is 0 Å². The van der Waals surface area contributed by atoms with Crippen LogP contribution in [0.25, 0.3) is 11.2 Å². The first-order valence-electron chi connectivity index (χ1n) is 10.0. The average Bonchev–Trinajstić information content (AvgIpc) is 2.99. The van der Waals surface area contributed by atoms with Crippen molar-refractivity contribution in [3.8, 4) is 0 Å². The predicted octanol–water partition coefficient (Wildman–Crippen LogP) is 2.35. The van der Waals surface area contributed by atoms with Crippen molar-refractivity contribution in [2.45, 2.75) is 19.4 Å². The van der Waals surface area contributed by atoms with E-state index in [4.69, 9.17) is 0 Å². The fourth-order valence-electron chi connectivity index (χ4n) is 4.06. The Hall–Kier alpha value is -3.09. The van der Waals surface area contributed by atoms with Crippen molar-refractivity contribution in [2.75, 3.05) is 32.1 Å². The minimum atomic E-state index is -0.0295. The van der Waals surface area contributed by atoms with Crippen LogP contribution in [0.2, 0.25) is 0 Å². The maximum Gasteiger partial charge on any atom is 0.330 e. The first kappa shape index (κ1) is 19.2. The number of carbonyl (C=O) groups is 1. The van der Waals surface area contributed by atoms with Gasteiger partial charge in [0, 0.05) is 58.2 Å². The van der Waals surface area contributed by atoms with Gasteiger partial charge in [-0.25, -0.2) is 9.78 Å². The highest BCUT2D eigenvalue weighted by Crippen LogP contribution is 2.22. The molecule has 4 rings (SSSR count). The standard InChI is InChI=1S/C22H27N5O2/c1-24(2)18-8-6-17(7-9-18)21(28)26-13-10-16(11-14-26)15-27-20-19(5-4-12-23-20)25(3)22(27)29/h4-9,12,16H,10-11,13-15H2,1-3H3. The zero-order chi connectivity index (χ0) is 20.5. The quantitative estimate of drug-likeness (QED) is 0.683. The second-order valence-electron chi connectivity index (χ2n) is 7.98. The minimum absolute atomic E-state index is 0.0295. The Labute approximate surface area is 170 Å². The van der Waals surface area contributed by atoms with Crippen molar-refractivity contribution in [3.63, 3.8) is 0 Å². The summed E-state index contributed by atoms with van der Waals surface area (Å²) >= 11 is 0. The Kier molecular flexibility index (Phi) is 5.13. The summed E-state index contributed by atoms with van der Waals surface area (Å²) in [7, 11) is 5.75. The number of fused-ring (bicyclic) bond motifs is 1. The van der Waals surface area contributed by atoms with E-state index in [9.17, 15) is 9.59 Å². The molecule has 0 aliphatic carbocycles. The molecule has 3 aromatic rings. The molecule has 0 N–H and O–H groups in total. The lowest BCUT2D eigenvalue weighted by Gasteiger charge is -2.32. The summed E-state index contributed by atoms with van der Waals surface area (Å²) in [6, 6.07) is 11.5. The second kappa shape index (κ2) is 7.73. The summed E-state index contributed by atoms with van der Waals surface area (Å²) in [4.78, 5) is 33.8. The number of likely N-dealkylation sites (tertiary alicyclic amines) is 1. The molecule has 0 atom stereocenters. The van der Waals surface area contributed by atoms with Crippen LogP contribution in [0.5, 0.6) is 0 Å². The van der Waals surface area contributed by atoms with Gasteiger partial charge < -0.3 is 9.80 Å². The molecule has 1 amide bonds. The Balaban J connectivity index is 1.42. The van der Waals surface area contributed by atoms with E-state index in [1.165, 1.54) is 0 Å². The SMILES string of the molecule is CN(C)c1ccc(C(=O)N2CCC(Cn3c(=O)n(C)c4cccnc43)CC2)cc1. The van der Waals surface area contributed by atoms with Crippen LogP contribution in [0, 0.1) is 5.92 Å². The molecule has 0 bridgehead atoms. The number of hydrogen-bond donors (Lipinski definition) is 0. The van der Waals surface area contributed by atoms with Gasteiger partial charge in [-0.1, -0.05) is 0 Å². The molecule has 0 spiro atoms. The zero-order valence-electron chi connectivity index (χ0n) is 17.2. The summed E-state index contributed by atoms with van der Waals surface area (Å²) in [5.74, 6) is 0.443. The molecular formula is C22H27N5O2. The van der Waals surface area contributed by atoms with Crippen LogP contribution >= 0.6 is 0 Å². The molecule has 2 aromatic heterocycles. The molecule has 1 aliphatic heterocycles. The highest BCUT2D eigenvalue weighted by atomic mass is 16.2. The maximum atomic E-state index is 12.8. The number of anilines is 1. The Morgan fingerprint density at radius 3 is 2.48 bits per heavy atom. The van der Waals surface area contributed by atoms with Gasteiger partial charge in [-0.2, -0.15) is 0 Å². The van der Waals surface area contributed by atoms with Crippen molar-refractivity contribution in [1.29, 1.82) is 0 Å². The third kappa shape index (κ3) is 3.64. The van der Waals surface area contributed by atoms with Gasteiger partial charge in [0.1, 0.15) is 0 Å². The van der Waals surface area contributed by atoms with Crippen LogP contribution in [0.4, 0.5) is 5.69 Å². The number of amides is 1. The highest BCUT2D eigenvalue weighted by molar-refractivity contribution is 5.94. The van der Waals surface area contributed by atoms with Gasteiger partial charge in [0.15, 0.2) is 5.65 Å². The van der Waals surface area contributed by atoms with Crippen LogP contribution in [-0.2, 0) is 13.6 Å². The number of nitrogens with zero attached hydrogens (tertiary/aromatic N) is 5. The molecule has 152 valence electrons. The molecule has 7 nitrogen and oxygen atoms in total. The largest absolute Gasteiger partial charge is 0.378 e. The van der Waals surface area contributed by atoms with Crippen molar-refractivity contribution in [1.82, 2.24) is 19.0 Å². The van der Waals surface area contributed by atoms with Crippen molar-refractivity contribution in [3.05, 3.63) is 58.6 Å². The van der Waals surface area contributed by atoms with E-state index in [0.29, 0.717) is 25.6 Å². The van der Waals surface area contributed by atoms with Gasteiger partial charge in [-0.15, -0.1) is 0 Å². The number of aromatic nitrogens is 3. The summed E-state index contributed by atoms with van der Waals surface area (Å²) in [6.45, 7) is 2.07. The molecule has 29 heavy (non-hydrogen) atoms. The van der Waals surface area contributed by atoms with Crippen molar-refractivity contribution in [2.24, 2.45) is 13.0 Å². The molecule has 3 heterocycles. The number of imidazole rings is 1. The lowest BCUT2D eigenvalue weighted by molar-refractivity contribution is 0.0683. The summed E-state index contributed by atoms with van der Waals surface area (Å²) in [6.07, 6.45) is 3.50. The smallest absolute Gasteiger partial charge is 0.330 e. The van der Waals surface area contributed by atoms with E-state index < -0.39 is 0 Å². The highest BCUT2D eigenvalue weighted by Gasteiger charge is 2.25. The van der Waals surface area contributed by atoms with Gasteiger partial charge >= 0.3 is 5.69 Å². The molecule has 1 aliphatic rings. The van der Waals surface area contributed by atoms with Crippen LogP contribution in [0.15, 0.2) is 47.4 Å². The Morgan fingerprint density at radius 1 is 1.14 bits per heavy atom. The van der Waals surface area contributed by atoms with E-state index in [-0.39, 0.29) is 11.6 Å². The number of carbonyl (C=O) groups excluding carboxylic acids is 1. The van der Waals surface area contributed by atoms with Crippen LogP contribution < -0.4 is 10.6 Å². The second-order valence-corrected chi connectivity index (χ2v) is 7.98. The average molecular weight is 393 g/mol. The molecule has 0 radical (unpaired) electrons. The number of piperidine rings is 1. The number of aryl methyl sites for hydroxylation is 1. The number of hydrogen-bond acceptors (Lipinski definition) is 4. The summed E-state index contributed by atoms with van der Waals surface area (Å²) in [5.41, 5.74) is 3.36. The topological polar surface area (TPSA) is 63.4 Å². The lowest BCUT2D eigenvalue weighted by atomic mass is 9.96. The molecule has 1 fully saturated rings. The molecule has 7 heteroatoms. The lowest BCUT2D eigenvalue weighted by Crippen LogP contribution is -2.40.